The molecule has 10 atom stereocenters. The highest BCUT2D eigenvalue weighted by molar-refractivity contribution is 5.88. The molecule has 2 fully saturated rings. The molecule has 2 aliphatic heterocycles. The van der Waals surface area contributed by atoms with E-state index in [0.717, 1.165) is 24.3 Å². The van der Waals surface area contributed by atoms with Crippen molar-refractivity contribution in [3.05, 3.63) is 40.6 Å². The molecule has 17 heteroatoms. The molecule has 11 N–H and O–H groups in total. The maximum Gasteiger partial charge on any atom is 0.239 e. The molecule has 3 heterocycles. The van der Waals surface area contributed by atoms with Crippen molar-refractivity contribution in [2.45, 2.75) is 61.4 Å². The van der Waals surface area contributed by atoms with E-state index in [1.54, 1.807) is 0 Å². The molecular formula is C27H30O17. The summed E-state index contributed by atoms with van der Waals surface area (Å²) in [4.78, 5) is 13.6. The Hall–Kier alpha value is -3.75. The van der Waals surface area contributed by atoms with Crippen LogP contribution in [-0.4, -0.2) is 131 Å². The van der Waals surface area contributed by atoms with Crippen LogP contribution in [0.1, 0.15) is 0 Å². The van der Waals surface area contributed by atoms with Gasteiger partial charge in [0.2, 0.25) is 23.8 Å². The zero-order valence-electron chi connectivity index (χ0n) is 22.4. The van der Waals surface area contributed by atoms with Gasteiger partial charge in [-0.2, -0.15) is 0 Å². The van der Waals surface area contributed by atoms with E-state index in [2.05, 4.69) is 0 Å². The summed E-state index contributed by atoms with van der Waals surface area (Å²) in [5.74, 6) is -3.31. The zero-order valence-corrected chi connectivity index (χ0v) is 22.4. The van der Waals surface area contributed by atoms with E-state index >= 15 is 0 Å². The van der Waals surface area contributed by atoms with Crippen LogP contribution >= 0.6 is 0 Å². The Labute approximate surface area is 246 Å². The lowest BCUT2D eigenvalue weighted by Gasteiger charge is -2.39. The summed E-state index contributed by atoms with van der Waals surface area (Å²) in [6.45, 7) is -1.52. The number of aromatic hydroxyl groups is 3. The first kappa shape index (κ1) is 31.7. The van der Waals surface area contributed by atoms with E-state index in [-0.39, 0.29) is 16.9 Å². The maximum absolute atomic E-state index is 13.6. The number of phenols is 3. The highest BCUT2D eigenvalue weighted by Gasteiger charge is 2.46. The fraction of sp³-hybridized carbons (Fsp3) is 0.444. The predicted molar refractivity (Wildman–Crippen MR) is 142 cm³/mol. The van der Waals surface area contributed by atoms with Gasteiger partial charge in [0.25, 0.3) is 0 Å². The number of ether oxygens (including phenoxy) is 4. The molecule has 1 aromatic heterocycles. The van der Waals surface area contributed by atoms with Gasteiger partial charge in [0, 0.05) is 17.7 Å². The fourth-order valence-corrected chi connectivity index (χ4v) is 4.89. The molecule has 0 amide bonds. The molecule has 2 aromatic carbocycles. The molecule has 3 aromatic rings. The summed E-state index contributed by atoms with van der Waals surface area (Å²) < 4.78 is 27.4. The van der Waals surface area contributed by atoms with E-state index in [1.165, 1.54) is 6.07 Å². The Morgan fingerprint density at radius 2 is 1.25 bits per heavy atom. The second-order valence-corrected chi connectivity index (χ2v) is 10.2. The van der Waals surface area contributed by atoms with Crippen LogP contribution in [-0.2, 0) is 9.47 Å². The largest absolute Gasteiger partial charge is 0.508 e. The SMILES string of the molecule is O=c1c(O[C@@H]2O[C@H](CO)[C@@H](O)[C@H](O)[C@H]2O)c(-c2ccc(O[C@H]3O[C@@H](CO)[C@H](O)[C@@H](O)[C@@H]3O)c(O)c2)oc2cc(O)cc(O)c12. The predicted octanol–water partition coefficient (Wildman–Crippen LogP) is -3.07. The van der Waals surface area contributed by atoms with Gasteiger partial charge in [0.15, 0.2) is 17.3 Å². The molecule has 0 spiro atoms. The number of benzene rings is 2. The molecule has 0 aliphatic carbocycles. The van der Waals surface area contributed by atoms with Crippen molar-refractivity contribution in [2.24, 2.45) is 0 Å². The molecule has 5 rings (SSSR count). The van der Waals surface area contributed by atoms with Crippen molar-refractivity contribution in [2.75, 3.05) is 13.2 Å². The van der Waals surface area contributed by atoms with Crippen LogP contribution in [0.25, 0.3) is 22.3 Å². The van der Waals surface area contributed by atoms with Crippen LogP contribution in [0, 0.1) is 0 Å². The summed E-state index contributed by atoms with van der Waals surface area (Å²) in [6, 6.07) is 5.23. The van der Waals surface area contributed by atoms with E-state index in [4.69, 9.17) is 23.4 Å². The summed E-state index contributed by atoms with van der Waals surface area (Å²) in [6.07, 6.45) is -16.9. The van der Waals surface area contributed by atoms with Crippen LogP contribution in [0.4, 0.5) is 0 Å². The first-order valence-corrected chi connectivity index (χ1v) is 13.2. The average Bonchev–Trinajstić information content (AvgIpc) is 2.99. The van der Waals surface area contributed by atoms with Gasteiger partial charge < -0.3 is 79.5 Å². The monoisotopic (exact) mass is 626 g/mol. The fourth-order valence-electron chi connectivity index (χ4n) is 4.89. The standard InChI is InChI=1S/C27H30O17/c28-6-14-17(33)20(36)22(38)26(42-14)41-12-2-1-8(3-10(12)31)24-25(19(35)16-11(32)4-9(30)5-13(16)40-24)44-27-23(39)21(37)18(34)15(7-29)43-27/h1-5,14-15,17-18,20-23,26-34,36-39H,6-7H2/t14-,15+,17-,18+,20+,21-,22-,23+,26-,27-/m0/s1. The smallest absolute Gasteiger partial charge is 0.239 e. The van der Waals surface area contributed by atoms with Gasteiger partial charge in [-0.25, -0.2) is 0 Å². The van der Waals surface area contributed by atoms with Gasteiger partial charge in [-0.15, -0.1) is 0 Å². The first-order valence-electron chi connectivity index (χ1n) is 13.2. The lowest BCUT2D eigenvalue weighted by Crippen LogP contribution is -2.60. The molecule has 0 radical (unpaired) electrons. The van der Waals surface area contributed by atoms with Gasteiger partial charge in [0.1, 0.15) is 71.3 Å². The van der Waals surface area contributed by atoms with Crippen molar-refractivity contribution in [1.82, 2.24) is 0 Å². The van der Waals surface area contributed by atoms with Crippen LogP contribution in [0.3, 0.4) is 0 Å². The number of fused-ring (bicyclic) bond motifs is 1. The Morgan fingerprint density at radius 1 is 0.682 bits per heavy atom. The van der Waals surface area contributed by atoms with Crippen molar-refractivity contribution >= 4 is 11.0 Å². The number of hydrogen-bond acceptors (Lipinski definition) is 17. The topological polar surface area (TPSA) is 290 Å². The quantitative estimate of drug-likeness (QED) is 0.124. The summed E-state index contributed by atoms with van der Waals surface area (Å²) >= 11 is 0. The van der Waals surface area contributed by atoms with Crippen molar-refractivity contribution < 1.29 is 79.5 Å². The first-order chi connectivity index (χ1) is 20.9. The lowest BCUT2D eigenvalue weighted by atomic mass is 9.99. The third-order valence-corrected chi connectivity index (χ3v) is 7.31. The van der Waals surface area contributed by atoms with E-state index < -0.39 is 114 Å². The molecule has 2 saturated heterocycles. The highest BCUT2D eigenvalue weighted by atomic mass is 16.7. The van der Waals surface area contributed by atoms with E-state index in [9.17, 15) is 61.0 Å². The lowest BCUT2D eigenvalue weighted by molar-refractivity contribution is -0.277. The van der Waals surface area contributed by atoms with E-state index in [1.807, 2.05) is 0 Å². The molecule has 0 bridgehead atoms. The molecule has 0 unspecified atom stereocenters. The van der Waals surface area contributed by atoms with Crippen LogP contribution < -0.4 is 14.9 Å². The normalized spacial score (nSPS) is 32.5. The molecule has 44 heavy (non-hydrogen) atoms. The third-order valence-electron chi connectivity index (χ3n) is 7.31. The third kappa shape index (κ3) is 5.61. The Balaban J connectivity index is 1.55. The Kier molecular flexibility index (Phi) is 8.87. The summed E-state index contributed by atoms with van der Waals surface area (Å²) in [5, 5.41) is 110. The minimum Gasteiger partial charge on any atom is -0.508 e. The maximum atomic E-state index is 13.6. The van der Waals surface area contributed by atoms with Crippen LogP contribution in [0.15, 0.2) is 39.5 Å². The number of aliphatic hydroxyl groups is 8. The molecular weight excluding hydrogens is 596 g/mol. The minimum atomic E-state index is -1.94. The molecule has 240 valence electrons. The minimum absolute atomic E-state index is 0.0925. The number of aliphatic hydroxyl groups excluding tert-OH is 8. The second-order valence-electron chi connectivity index (χ2n) is 10.2. The van der Waals surface area contributed by atoms with Gasteiger partial charge in [-0.1, -0.05) is 0 Å². The molecule has 2 aliphatic rings. The summed E-state index contributed by atoms with van der Waals surface area (Å²) in [5.41, 5.74) is -1.47. The Morgan fingerprint density at radius 3 is 1.80 bits per heavy atom. The zero-order chi connectivity index (χ0) is 32.0. The number of phenolic OH excluding ortho intramolecular Hbond substituents is 3. The van der Waals surface area contributed by atoms with Crippen molar-refractivity contribution in [3.8, 4) is 40.1 Å². The second kappa shape index (κ2) is 12.3. The highest BCUT2D eigenvalue weighted by Crippen LogP contribution is 2.40. The summed E-state index contributed by atoms with van der Waals surface area (Å²) in [7, 11) is 0. The van der Waals surface area contributed by atoms with Gasteiger partial charge in [0.05, 0.1) is 13.2 Å². The number of hydrogen-bond donors (Lipinski definition) is 11. The molecule has 17 nitrogen and oxygen atoms in total. The molecule has 0 saturated carbocycles. The average molecular weight is 627 g/mol. The van der Waals surface area contributed by atoms with Crippen LogP contribution in [0.5, 0.6) is 28.7 Å². The van der Waals surface area contributed by atoms with Gasteiger partial charge >= 0.3 is 0 Å². The van der Waals surface area contributed by atoms with E-state index in [0.29, 0.717) is 0 Å². The number of rotatable bonds is 7. The van der Waals surface area contributed by atoms with Crippen molar-refractivity contribution in [3.63, 3.8) is 0 Å². The van der Waals surface area contributed by atoms with Crippen molar-refractivity contribution in [1.29, 1.82) is 0 Å². The van der Waals surface area contributed by atoms with Gasteiger partial charge in [-0.3, -0.25) is 4.79 Å². The van der Waals surface area contributed by atoms with Gasteiger partial charge in [-0.05, 0) is 18.2 Å². The van der Waals surface area contributed by atoms with Crippen LogP contribution in [0.2, 0.25) is 0 Å². The Bertz CT molecular complexity index is 1550.